The van der Waals surface area contributed by atoms with Crippen LogP contribution in [0.4, 0.5) is 11.4 Å². The van der Waals surface area contributed by atoms with Crippen molar-refractivity contribution >= 4 is 38.9 Å². The quantitative estimate of drug-likeness (QED) is 0.658. The molecule has 0 saturated carbocycles. The second-order valence-electron chi connectivity index (χ2n) is 4.66. The number of sulfonamides is 1. The molecule has 2 rings (SSSR count). The zero-order chi connectivity index (χ0) is 17.0. The van der Waals surface area contributed by atoms with Gasteiger partial charge in [-0.1, -0.05) is 29.8 Å². The minimum absolute atomic E-state index is 0.143. The van der Waals surface area contributed by atoms with Crippen LogP contribution < -0.4 is 14.6 Å². The SMILES string of the molecule is COc1ccc(N=C([O-])c2ccccc2NS(C)(=O)=O)cc1Cl. The van der Waals surface area contributed by atoms with E-state index in [9.17, 15) is 13.5 Å². The number of rotatable bonds is 5. The molecule has 0 aromatic heterocycles. The van der Waals surface area contributed by atoms with Gasteiger partial charge in [0.15, 0.2) is 0 Å². The largest absolute Gasteiger partial charge is 0.858 e. The number of benzene rings is 2. The standard InChI is InChI=1S/C15H15ClN2O4S/c1-22-14-8-7-10(9-12(14)16)17-15(19)11-5-3-4-6-13(11)18-23(2,20)21/h3-9,18H,1-2H3,(H,17,19)/p-1. The minimum atomic E-state index is -3.50. The number of anilines is 1. The van der Waals surface area contributed by atoms with Gasteiger partial charge >= 0.3 is 0 Å². The molecule has 2 aromatic carbocycles. The van der Waals surface area contributed by atoms with Crippen molar-refractivity contribution in [2.24, 2.45) is 4.99 Å². The number of nitrogens with zero attached hydrogens (tertiary/aromatic N) is 1. The highest BCUT2D eigenvalue weighted by molar-refractivity contribution is 7.92. The first-order valence-electron chi connectivity index (χ1n) is 6.46. The Bertz CT molecular complexity index is 850. The number of para-hydroxylation sites is 1. The minimum Gasteiger partial charge on any atom is -0.858 e. The number of aliphatic imine (C=N–C) groups is 1. The molecule has 0 fully saturated rings. The molecule has 2 aromatic rings. The van der Waals surface area contributed by atoms with Gasteiger partial charge in [0.05, 0.1) is 29.8 Å². The third kappa shape index (κ3) is 4.61. The monoisotopic (exact) mass is 353 g/mol. The van der Waals surface area contributed by atoms with Gasteiger partial charge in [-0.25, -0.2) is 8.42 Å². The van der Waals surface area contributed by atoms with Crippen LogP contribution in [0.15, 0.2) is 47.5 Å². The first kappa shape index (κ1) is 17.1. The normalized spacial score (nSPS) is 12.0. The van der Waals surface area contributed by atoms with Crippen LogP contribution in [0.5, 0.6) is 5.75 Å². The number of methoxy groups -OCH3 is 1. The summed E-state index contributed by atoms with van der Waals surface area (Å²) in [5.41, 5.74) is 0.656. The highest BCUT2D eigenvalue weighted by atomic mass is 35.5. The lowest BCUT2D eigenvalue weighted by molar-refractivity contribution is -0.212. The number of halogens is 1. The molecule has 0 radical (unpaired) electrons. The summed E-state index contributed by atoms with van der Waals surface area (Å²) < 4.78 is 30.0. The van der Waals surface area contributed by atoms with Gasteiger partial charge in [-0.15, -0.1) is 0 Å². The van der Waals surface area contributed by atoms with Gasteiger partial charge in [-0.3, -0.25) is 9.71 Å². The lowest BCUT2D eigenvalue weighted by Crippen LogP contribution is -2.21. The Morgan fingerprint density at radius 3 is 2.57 bits per heavy atom. The van der Waals surface area contributed by atoms with Crippen LogP contribution in [0.2, 0.25) is 5.02 Å². The van der Waals surface area contributed by atoms with Gasteiger partial charge in [0, 0.05) is 5.56 Å². The van der Waals surface area contributed by atoms with Crippen LogP contribution in [-0.2, 0) is 10.0 Å². The fraction of sp³-hybridized carbons (Fsp3) is 0.133. The van der Waals surface area contributed by atoms with E-state index in [1.165, 1.54) is 25.3 Å². The smallest absolute Gasteiger partial charge is 0.229 e. The third-order valence-electron chi connectivity index (χ3n) is 2.82. The van der Waals surface area contributed by atoms with Gasteiger partial charge in [-0.05, 0) is 30.2 Å². The highest BCUT2D eigenvalue weighted by Gasteiger charge is 2.07. The Balaban J connectivity index is 2.40. The second-order valence-corrected chi connectivity index (χ2v) is 6.81. The van der Waals surface area contributed by atoms with Crippen LogP contribution in [0.25, 0.3) is 0 Å². The molecule has 0 aliphatic carbocycles. The zero-order valence-electron chi connectivity index (χ0n) is 12.4. The highest BCUT2D eigenvalue weighted by Crippen LogP contribution is 2.29. The molecule has 0 bridgehead atoms. The van der Waals surface area contributed by atoms with Crippen molar-refractivity contribution in [1.29, 1.82) is 0 Å². The predicted molar refractivity (Wildman–Crippen MR) is 89.1 cm³/mol. The molecule has 6 nitrogen and oxygen atoms in total. The molecule has 0 amide bonds. The topological polar surface area (TPSA) is 90.8 Å². The number of nitrogens with one attached hydrogen (secondary N) is 1. The average Bonchev–Trinajstić information content (AvgIpc) is 2.46. The zero-order valence-corrected chi connectivity index (χ0v) is 14.0. The summed E-state index contributed by atoms with van der Waals surface area (Å²) >= 11 is 5.99. The molecule has 0 spiro atoms. The van der Waals surface area contributed by atoms with Crippen LogP contribution >= 0.6 is 11.6 Å². The van der Waals surface area contributed by atoms with Crippen molar-refractivity contribution in [3.05, 3.63) is 53.1 Å². The van der Waals surface area contributed by atoms with Crippen LogP contribution in [-0.4, -0.2) is 27.7 Å². The summed E-state index contributed by atoms with van der Waals surface area (Å²) in [5.74, 6) is -0.116. The second kappa shape index (κ2) is 6.89. The fourth-order valence-corrected chi connectivity index (χ4v) is 2.69. The molecule has 23 heavy (non-hydrogen) atoms. The van der Waals surface area contributed by atoms with Crippen LogP contribution in [0.3, 0.4) is 0 Å². The van der Waals surface area contributed by atoms with Crippen molar-refractivity contribution in [2.75, 3.05) is 18.1 Å². The Morgan fingerprint density at radius 1 is 1.26 bits per heavy atom. The molecule has 8 heteroatoms. The molecule has 0 atom stereocenters. The van der Waals surface area contributed by atoms with Crippen molar-refractivity contribution in [1.82, 2.24) is 0 Å². The Labute approximate surface area is 139 Å². The van der Waals surface area contributed by atoms with Crippen molar-refractivity contribution in [3.8, 4) is 5.75 Å². The Kier molecular flexibility index (Phi) is 5.12. The van der Waals surface area contributed by atoms with Gasteiger partial charge in [0.1, 0.15) is 5.75 Å². The van der Waals surface area contributed by atoms with E-state index in [4.69, 9.17) is 16.3 Å². The Hall–Kier alpha value is -2.25. The Morgan fingerprint density at radius 2 is 1.96 bits per heavy atom. The van der Waals surface area contributed by atoms with Crippen molar-refractivity contribution in [2.45, 2.75) is 0 Å². The third-order valence-corrected chi connectivity index (χ3v) is 3.70. The van der Waals surface area contributed by atoms with Gasteiger partial charge in [-0.2, -0.15) is 0 Å². The van der Waals surface area contributed by atoms with Crippen LogP contribution in [0, 0.1) is 0 Å². The van der Waals surface area contributed by atoms with E-state index < -0.39 is 15.9 Å². The molecule has 0 saturated heterocycles. The van der Waals surface area contributed by atoms with E-state index in [-0.39, 0.29) is 11.3 Å². The van der Waals surface area contributed by atoms with E-state index in [0.717, 1.165) is 6.26 Å². The molecule has 0 aliphatic rings. The summed E-state index contributed by atoms with van der Waals surface area (Å²) in [6, 6.07) is 10.9. The van der Waals surface area contributed by atoms with E-state index in [1.54, 1.807) is 24.3 Å². The van der Waals surface area contributed by atoms with Crippen molar-refractivity contribution in [3.63, 3.8) is 0 Å². The van der Waals surface area contributed by atoms with E-state index in [2.05, 4.69) is 9.71 Å². The summed E-state index contributed by atoms with van der Waals surface area (Å²) in [4.78, 5) is 3.94. The maximum Gasteiger partial charge on any atom is 0.229 e. The predicted octanol–water partition coefficient (Wildman–Crippen LogP) is 2.16. The van der Waals surface area contributed by atoms with Gasteiger partial charge in [0.25, 0.3) is 0 Å². The molecule has 1 N–H and O–H groups in total. The molecular weight excluding hydrogens is 340 g/mol. The first-order chi connectivity index (χ1) is 10.8. The molecule has 0 aliphatic heterocycles. The maximum absolute atomic E-state index is 12.3. The number of hydrogen-bond acceptors (Lipinski definition) is 5. The molecule has 0 unspecified atom stereocenters. The van der Waals surface area contributed by atoms with Gasteiger partial charge in [0.2, 0.25) is 10.0 Å². The van der Waals surface area contributed by atoms with E-state index >= 15 is 0 Å². The lowest BCUT2D eigenvalue weighted by Gasteiger charge is -2.16. The summed E-state index contributed by atoms with van der Waals surface area (Å²) in [5, 5.41) is 12.6. The van der Waals surface area contributed by atoms with E-state index in [0.29, 0.717) is 16.5 Å². The number of hydrogen-bond donors (Lipinski definition) is 1. The lowest BCUT2D eigenvalue weighted by atomic mass is 10.2. The number of ether oxygens (including phenoxy) is 1. The first-order valence-corrected chi connectivity index (χ1v) is 8.73. The summed E-state index contributed by atoms with van der Waals surface area (Å²) in [7, 11) is -2.02. The van der Waals surface area contributed by atoms with Crippen LogP contribution in [0.1, 0.15) is 5.56 Å². The fourth-order valence-electron chi connectivity index (χ4n) is 1.86. The molecule has 122 valence electrons. The molecular formula is C15H14ClN2O4S-. The maximum atomic E-state index is 12.3. The summed E-state index contributed by atoms with van der Waals surface area (Å²) in [6.45, 7) is 0. The molecule has 0 heterocycles. The van der Waals surface area contributed by atoms with E-state index in [1.807, 2.05) is 0 Å². The van der Waals surface area contributed by atoms with Crippen molar-refractivity contribution < 1.29 is 18.3 Å². The average molecular weight is 354 g/mol. The summed E-state index contributed by atoms with van der Waals surface area (Å²) in [6.07, 6.45) is 1.01. The van der Waals surface area contributed by atoms with Gasteiger partial charge < -0.3 is 9.84 Å².